The summed E-state index contributed by atoms with van der Waals surface area (Å²) >= 11 is 0. The van der Waals surface area contributed by atoms with Gasteiger partial charge in [0.2, 0.25) is 5.88 Å². The van der Waals surface area contributed by atoms with Crippen LogP contribution in [-0.2, 0) is 4.74 Å². The minimum absolute atomic E-state index is 0.220. The van der Waals surface area contributed by atoms with Crippen LogP contribution in [0, 0.1) is 5.92 Å². The number of nitrogens with zero attached hydrogens (tertiary/aromatic N) is 4. The largest absolute Gasteiger partial charge is 0.481 e. The van der Waals surface area contributed by atoms with Crippen molar-refractivity contribution in [1.82, 2.24) is 15.2 Å². The summed E-state index contributed by atoms with van der Waals surface area (Å²) in [6.07, 6.45) is 0. The van der Waals surface area contributed by atoms with Crippen molar-refractivity contribution in [3.8, 4) is 5.88 Å². The van der Waals surface area contributed by atoms with Gasteiger partial charge in [0.25, 0.3) is 5.88 Å². The third-order valence-electron chi connectivity index (χ3n) is 3.23. The normalized spacial score (nSPS) is 14.8. The summed E-state index contributed by atoms with van der Waals surface area (Å²) in [5.74, 6) is 1.70. The van der Waals surface area contributed by atoms with E-state index in [1.807, 2.05) is 13.0 Å². The highest BCUT2D eigenvalue weighted by molar-refractivity contribution is 6.21. The van der Waals surface area contributed by atoms with Gasteiger partial charge in [0.1, 0.15) is 0 Å². The van der Waals surface area contributed by atoms with Gasteiger partial charge in [-0.05, 0) is 18.8 Å². The molecule has 0 saturated heterocycles. The first kappa shape index (κ1) is 15.4. The number of hydrogen-bond acceptors (Lipinski definition) is 4. The van der Waals surface area contributed by atoms with Crippen LogP contribution in [0.4, 0.5) is 0 Å². The molecule has 0 aromatic carbocycles. The molecule has 0 N–H and O–H groups in total. The monoisotopic (exact) mass is 291 g/mol. The summed E-state index contributed by atoms with van der Waals surface area (Å²) in [6.45, 7) is 10.8. The van der Waals surface area contributed by atoms with E-state index < -0.39 is 0 Å². The number of rotatable bonds is 6. The average Bonchev–Trinajstić information content (AvgIpc) is 3.01. The van der Waals surface area contributed by atoms with Crippen molar-refractivity contribution in [2.75, 3.05) is 13.7 Å². The maximum absolute atomic E-state index is 5.60. The molecule has 1 aliphatic rings. The van der Waals surface area contributed by atoms with Crippen molar-refractivity contribution in [2.24, 2.45) is 11.0 Å². The number of allylic oxidation sites excluding steroid dienone is 1. The summed E-state index contributed by atoms with van der Waals surface area (Å²) in [5, 5.41) is 8.89. The molecule has 0 atom stereocenters. The Morgan fingerprint density at radius 3 is 2.43 bits per heavy atom. The highest BCUT2D eigenvalue weighted by atomic mass is 16.5. The smallest absolute Gasteiger partial charge is 0.261 e. The van der Waals surface area contributed by atoms with Gasteiger partial charge in [0.15, 0.2) is 5.70 Å². The Balaban J connectivity index is 2.54. The Kier molecular flexibility index (Phi) is 4.55. The standard InChI is InChI=1S/C15H23N4O2/c1-7-21-15-14(13(10(4)5)16-17-15)19-12(20-6)8-11(18-19)9(2)3/h8-10H,7H2,1-6H3. The van der Waals surface area contributed by atoms with E-state index in [0.29, 0.717) is 24.3 Å². The predicted octanol–water partition coefficient (Wildman–Crippen LogP) is 2.81. The van der Waals surface area contributed by atoms with Gasteiger partial charge in [-0.15, -0.1) is 10.5 Å². The summed E-state index contributed by atoms with van der Waals surface area (Å²) < 4.78 is 12.8. The Hall–Kier alpha value is -1.98. The van der Waals surface area contributed by atoms with E-state index in [1.165, 1.54) is 0 Å². The van der Waals surface area contributed by atoms with Crippen molar-refractivity contribution < 1.29 is 9.47 Å². The van der Waals surface area contributed by atoms with Crippen molar-refractivity contribution in [1.29, 1.82) is 0 Å². The van der Waals surface area contributed by atoms with Gasteiger partial charge < -0.3 is 9.47 Å². The molecule has 0 saturated carbocycles. The lowest BCUT2D eigenvalue weighted by Crippen LogP contribution is -2.16. The van der Waals surface area contributed by atoms with Crippen LogP contribution in [0.5, 0.6) is 5.88 Å². The first-order chi connectivity index (χ1) is 9.99. The third kappa shape index (κ3) is 2.89. The molecule has 0 spiro atoms. The minimum Gasteiger partial charge on any atom is -0.481 e. The third-order valence-corrected chi connectivity index (χ3v) is 3.23. The number of methoxy groups -OCH3 is 1. The summed E-state index contributed by atoms with van der Waals surface area (Å²) in [5.41, 5.74) is 6.74. The highest BCUT2D eigenvalue weighted by Crippen LogP contribution is 2.29. The molecule has 1 radical (unpaired) electrons. The molecule has 115 valence electrons. The van der Waals surface area contributed by atoms with E-state index in [4.69, 9.17) is 9.47 Å². The molecule has 6 heteroatoms. The summed E-state index contributed by atoms with van der Waals surface area (Å²) in [4.78, 5) is 0. The van der Waals surface area contributed by atoms with Gasteiger partial charge in [-0.3, -0.25) is 0 Å². The lowest BCUT2D eigenvalue weighted by atomic mass is 10.1. The molecular formula is C15H23N4O2. The van der Waals surface area contributed by atoms with Gasteiger partial charge in [0, 0.05) is 6.07 Å². The van der Waals surface area contributed by atoms with Gasteiger partial charge >= 0.3 is 0 Å². The topological polar surface area (TPSA) is 62.7 Å². The van der Waals surface area contributed by atoms with Crippen molar-refractivity contribution in [2.45, 2.75) is 40.5 Å². The second-order valence-electron chi connectivity index (χ2n) is 5.50. The first-order valence-corrected chi connectivity index (χ1v) is 7.29. The molecule has 0 unspecified atom stereocenters. The van der Waals surface area contributed by atoms with Crippen LogP contribution in [0.1, 0.15) is 46.2 Å². The Morgan fingerprint density at radius 1 is 1.19 bits per heavy atom. The molecule has 2 rings (SSSR count). The lowest BCUT2D eigenvalue weighted by molar-refractivity contribution is 0.208. The van der Waals surface area contributed by atoms with E-state index in [9.17, 15) is 0 Å². The second kappa shape index (κ2) is 6.20. The average molecular weight is 291 g/mol. The van der Waals surface area contributed by atoms with Crippen LogP contribution >= 0.6 is 0 Å². The van der Waals surface area contributed by atoms with Crippen molar-refractivity contribution >= 4 is 11.4 Å². The van der Waals surface area contributed by atoms with Crippen LogP contribution in [0.3, 0.4) is 0 Å². The van der Waals surface area contributed by atoms with Crippen LogP contribution in [0.15, 0.2) is 17.1 Å². The molecule has 1 aromatic rings. The zero-order chi connectivity index (χ0) is 15.6. The first-order valence-electron chi connectivity index (χ1n) is 7.29. The zero-order valence-corrected chi connectivity index (χ0v) is 13.5. The number of hydrogen-bond donors (Lipinski definition) is 0. The molecule has 21 heavy (non-hydrogen) atoms. The highest BCUT2D eigenvalue weighted by Gasteiger charge is 2.30. The van der Waals surface area contributed by atoms with Gasteiger partial charge in [0.05, 0.1) is 25.1 Å². The van der Waals surface area contributed by atoms with Crippen molar-refractivity contribution in [3.05, 3.63) is 17.6 Å². The Bertz CT molecular complexity index is 570. The fraction of sp³-hybridized carbons (Fsp3) is 0.600. The molecule has 0 bridgehead atoms. The van der Waals surface area contributed by atoms with Crippen LogP contribution in [0.25, 0.3) is 5.70 Å². The minimum atomic E-state index is 0.220. The zero-order valence-electron chi connectivity index (χ0n) is 13.5. The molecule has 0 fully saturated rings. The lowest BCUT2D eigenvalue weighted by Gasteiger charge is -2.12. The summed E-state index contributed by atoms with van der Waals surface area (Å²) in [6, 6.07) is 1.94. The van der Waals surface area contributed by atoms with Gasteiger partial charge in [-0.2, -0.15) is 9.78 Å². The fourth-order valence-electron chi connectivity index (χ4n) is 2.09. The number of aromatic nitrogens is 2. The quantitative estimate of drug-likeness (QED) is 0.809. The molecule has 1 aliphatic heterocycles. The van der Waals surface area contributed by atoms with Crippen molar-refractivity contribution in [3.63, 3.8) is 0 Å². The van der Waals surface area contributed by atoms with E-state index >= 15 is 0 Å². The SMILES string of the molecule is CCOC1=C(n2nc(C(C)C)cc2OC)C(C(C)C)=N[N]1. The van der Waals surface area contributed by atoms with E-state index in [2.05, 4.69) is 43.3 Å². The molecule has 0 amide bonds. The van der Waals surface area contributed by atoms with Gasteiger partial charge in [-0.1, -0.05) is 27.7 Å². The van der Waals surface area contributed by atoms with E-state index in [0.717, 1.165) is 17.1 Å². The molecule has 6 nitrogen and oxygen atoms in total. The fourth-order valence-corrected chi connectivity index (χ4v) is 2.09. The van der Waals surface area contributed by atoms with Gasteiger partial charge in [-0.25, -0.2) is 0 Å². The van der Waals surface area contributed by atoms with E-state index in [-0.39, 0.29) is 5.92 Å². The maximum atomic E-state index is 5.60. The van der Waals surface area contributed by atoms with Crippen LogP contribution in [0.2, 0.25) is 0 Å². The van der Waals surface area contributed by atoms with Crippen LogP contribution in [-0.4, -0.2) is 29.2 Å². The molecule has 0 aliphatic carbocycles. The predicted molar refractivity (Wildman–Crippen MR) is 82.1 cm³/mol. The van der Waals surface area contributed by atoms with Crippen LogP contribution < -0.4 is 10.2 Å². The Morgan fingerprint density at radius 2 is 1.90 bits per heavy atom. The molecular weight excluding hydrogens is 268 g/mol. The Labute approximate surface area is 125 Å². The molecule has 2 heterocycles. The molecule has 1 aromatic heterocycles. The maximum Gasteiger partial charge on any atom is 0.261 e. The number of ether oxygens (including phenoxy) is 2. The second-order valence-corrected chi connectivity index (χ2v) is 5.50. The summed E-state index contributed by atoms with van der Waals surface area (Å²) in [7, 11) is 1.64. The van der Waals surface area contributed by atoms with E-state index in [1.54, 1.807) is 11.8 Å².